The van der Waals surface area contributed by atoms with Crippen molar-refractivity contribution < 1.29 is 19.1 Å². The molecule has 8 heteroatoms. The van der Waals surface area contributed by atoms with E-state index in [1.54, 1.807) is 0 Å². The van der Waals surface area contributed by atoms with E-state index in [9.17, 15) is 9.59 Å². The Morgan fingerprint density at radius 3 is 1.37 bits per heavy atom. The molecule has 30 heavy (non-hydrogen) atoms. The molecular weight excluding hydrogens is 516 g/mol. The first-order valence-electron chi connectivity index (χ1n) is 9.23. The third-order valence-corrected chi connectivity index (χ3v) is 5.86. The molecule has 0 saturated heterocycles. The van der Waals surface area contributed by atoms with Gasteiger partial charge in [-0.15, -0.1) is 0 Å². The first-order valence-corrected chi connectivity index (χ1v) is 10.8. The Labute approximate surface area is 191 Å². The smallest absolute Gasteiger partial charge is 0.314 e. The highest BCUT2D eigenvalue weighted by Crippen LogP contribution is 2.31. The van der Waals surface area contributed by atoms with Crippen molar-refractivity contribution in [2.45, 2.75) is 12.8 Å². The van der Waals surface area contributed by atoms with Crippen LogP contribution in [0.3, 0.4) is 0 Å². The zero-order chi connectivity index (χ0) is 21.7. The standard InChI is InChI=1S/C22H20Br2N2O4/c1-29-21(27)17-11-20(26-16-9-5-14(24)6-10-16)18(22(28)30-2)12-19(17)25-15-7-3-13(23)4-8-15/h3-10,17-18H,11-12H2,1-2H3. The SMILES string of the molecule is COC(=O)C1CC(=Nc2ccc(Br)cc2)C(C(=O)OC)CC1=Nc1ccc(Br)cc1. The van der Waals surface area contributed by atoms with Gasteiger partial charge in [-0.3, -0.25) is 19.6 Å². The summed E-state index contributed by atoms with van der Waals surface area (Å²) in [6.45, 7) is 0. The Kier molecular flexibility index (Phi) is 7.55. The molecule has 0 amide bonds. The Hall–Kier alpha value is -2.32. The van der Waals surface area contributed by atoms with Crippen molar-refractivity contribution in [1.82, 2.24) is 0 Å². The maximum atomic E-state index is 12.5. The number of aliphatic imine (C=N–C) groups is 2. The number of rotatable bonds is 4. The monoisotopic (exact) mass is 534 g/mol. The number of ether oxygens (including phenoxy) is 2. The summed E-state index contributed by atoms with van der Waals surface area (Å²) in [5.74, 6) is -2.04. The van der Waals surface area contributed by atoms with Gasteiger partial charge in [-0.25, -0.2) is 0 Å². The number of carbonyl (C=O) groups excluding carboxylic acids is 2. The molecule has 1 saturated carbocycles. The molecule has 3 rings (SSSR count). The van der Waals surface area contributed by atoms with Gasteiger partial charge < -0.3 is 9.47 Å². The molecule has 0 radical (unpaired) electrons. The topological polar surface area (TPSA) is 77.3 Å². The number of esters is 2. The Bertz CT molecular complexity index is 904. The molecule has 2 aromatic rings. The number of benzene rings is 2. The normalized spacial score (nSPS) is 21.5. The molecule has 0 heterocycles. The predicted molar refractivity (Wildman–Crippen MR) is 123 cm³/mol. The van der Waals surface area contributed by atoms with Crippen LogP contribution in [-0.2, 0) is 19.1 Å². The van der Waals surface area contributed by atoms with Crippen molar-refractivity contribution in [2.24, 2.45) is 21.8 Å². The number of hydrogen-bond donors (Lipinski definition) is 0. The van der Waals surface area contributed by atoms with E-state index in [-0.39, 0.29) is 12.8 Å². The summed E-state index contributed by atoms with van der Waals surface area (Å²) in [7, 11) is 2.69. The second kappa shape index (κ2) is 10.1. The summed E-state index contributed by atoms with van der Waals surface area (Å²) < 4.78 is 11.9. The number of halogens is 2. The molecule has 6 nitrogen and oxygen atoms in total. The minimum Gasteiger partial charge on any atom is -0.469 e. The third-order valence-electron chi connectivity index (χ3n) is 4.80. The zero-order valence-corrected chi connectivity index (χ0v) is 19.6. The lowest BCUT2D eigenvalue weighted by Crippen LogP contribution is -2.41. The van der Waals surface area contributed by atoms with E-state index in [0.29, 0.717) is 22.8 Å². The Morgan fingerprint density at radius 2 is 1.07 bits per heavy atom. The molecule has 2 unspecified atom stereocenters. The minimum absolute atomic E-state index is 0.234. The molecule has 0 spiro atoms. The molecule has 1 aliphatic carbocycles. The number of carbonyl (C=O) groups is 2. The lowest BCUT2D eigenvalue weighted by Gasteiger charge is -2.29. The highest BCUT2D eigenvalue weighted by atomic mass is 79.9. The van der Waals surface area contributed by atoms with Gasteiger partial charge >= 0.3 is 11.9 Å². The summed E-state index contributed by atoms with van der Waals surface area (Å²) in [4.78, 5) is 34.4. The molecule has 2 atom stereocenters. The molecule has 156 valence electrons. The van der Waals surface area contributed by atoms with E-state index < -0.39 is 23.8 Å². The second-order valence-electron chi connectivity index (χ2n) is 6.72. The van der Waals surface area contributed by atoms with E-state index in [2.05, 4.69) is 41.8 Å². The number of methoxy groups -OCH3 is 2. The highest BCUT2D eigenvalue weighted by molar-refractivity contribution is 9.10. The Balaban J connectivity index is 2.02. The largest absolute Gasteiger partial charge is 0.469 e. The van der Waals surface area contributed by atoms with Crippen LogP contribution in [0.25, 0.3) is 0 Å². The summed E-state index contributed by atoms with van der Waals surface area (Å²) in [6, 6.07) is 14.8. The third kappa shape index (κ3) is 5.43. The van der Waals surface area contributed by atoms with Crippen LogP contribution in [0, 0.1) is 11.8 Å². The van der Waals surface area contributed by atoms with Gasteiger partial charge in [-0.05, 0) is 48.5 Å². The van der Waals surface area contributed by atoms with Gasteiger partial charge in [0.2, 0.25) is 0 Å². The lowest BCUT2D eigenvalue weighted by molar-refractivity contribution is -0.145. The summed E-state index contributed by atoms with van der Waals surface area (Å²) >= 11 is 6.79. The molecule has 0 N–H and O–H groups in total. The molecule has 1 aliphatic rings. The van der Waals surface area contributed by atoms with Crippen molar-refractivity contribution in [3.05, 3.63) is 57.5 Å². The van der Waals surface area contributed by atoms with Crippen LogP contribution in [-0.4, -0.2) is 37.6 Å². The average molecular weight is 536 g/mol. The highest BCUT2D eigenvalue weighted by Gasteiger charge is 2.40. The fourth-order valence-electron chi connectivity index (χ4n) is 3.27. The van der Waals surface area contributed by atoms with E-state index in [1.807, 2.05) is 48.5 Å². The van der Waals surface area contributed by atoms with Gasteiger partial charge in [-0.2, -0.15) is 0 Å². The van der Waals surface area contributed by atoms with E-state index in [0.717, 1.165) is 8.95 Å². The van der Waals surface area contributed by atoms with Crippen LogP contribution in [0.4, 0.5) is 11.4 Å². The van der Waals surface area contributed by atoms with Crippen LogP contribution in [0.5, 0.6) is 0 Å². The van der Waals surface area contributed by atoms with Gasteiger partial charge in [0.15, 0.2) is 0 Å². The fourth-order valence-corrected chi connectivity index (χ4v) is 3.80. The van der Waals surface area contributed by atoms with E-state index in [4.69, 9.17) is 9.47 Å². The second-order valence-corrected chi connectivity index (χ2v) is 8.55. The van der Waals surface area contributed by atoms with Crippen LogP contribution in [0.15, 0.2) is 67.5 Å². The molecule has 0 bridgehead atoms. The number of hydrogen-bond acceptors (Lipinski definition) is 6. The molecule has 0 aromatic heterocycles. The Morgan fingerprint density at radius 1 is 0.733 bits per heavy atom. The van der Waals surface area contributed by atoms with Crippen molar-refractivity contribution in [3.63, 3.8) is 0 Å². The first-order chi connectivity index (χ1) is 14.4. The van der Waals surface area contributed by atoms with Crippen LogP contribution >= 0.6 is 31.9 Å². The first kappa shape index (κ1) is 22.4. The van der Waals surface area contributed by atoms with Gasteiger partial charge in [0, 0.05) is 33.2 Å². The number of nitrogens with zero attached hydrogens (tertiary/aromatic N) is 2. The minimum atomic E-state index is -0.617. The molecule has 2 aromatic carbocycles. The maximum Gasteiger partial charge on any atom is 0.314 e. The van der Waals surface area contributed by atoms with Crippen LogP contribution in [0.1, 0.15) is 12.8 Å². The molecule has 1 fully saturated rings. The van der Waals surface area contributed by atoms with Crippen LogP contribution < -0.4 is 0 Å². The van der Waals surface area contributed by atoms with Gasteiger partial charge in [0.1, 0.15) is 11.8 Å². The quantitative estimate of drug-likeness (QED) is 0.489. The molecule has 0 aliphatic heterocycles. The van der Waals surface area contributed by atoms with Crippen molar-refractivity contribution in [2.75, 3.05) is 14.2 Å². The summed E-state index contributed by atoms with van der Waals surface area (Å²) in [5, 5.41) is 0. The van der Waals surface area contributed by atoms with Gasteiger partial charge in [-0.1, -0.05) is 31.9 Å². The van der Waals surface area contributed by atoms with Crippen molar-refractivity contribution >= 4 is 66.6 Å². The van der Waals surface area contributed by atoms with E-state index >= 15 is 0 Å². The predicted octanol–water partition coefficient (Wildman–Crippen LogP) is 5.43. The lowest BCUT2D eigenvalue weighted by atomic mass is 9.78. The molecular formula is C22H20Br2N2O4. The van der Waals surface area contributed by atoms with Crippen LogP contribution in [0.2, 0.25) is 0 Å². The van der Waals surface area contributed by atoms with Crippen molar-refractivity contribution in [1.29, 1.82) is 0 Å². The van der Waals surface area contributed by atoms with Gasteiger partial charge in [0.05, 0.1) is 25.6 Å². The maximum absolute atomic E-state index is 12.5. The van der Waals surface area contributed by atoms with E-state index in [1.165, 1.54) is 14.2 Å². The van der Waals surface area contributed by atoms with Crippen molar-refractivity contribution in [3.8, 4) is 0 Å². The average Bonchev–Trinajstić information content (AvgIpc) is 2.76. The zero-order valence-electron chi connectivity index (χ0n) is 16.5. The van der Waals surface area contributed by atoms with Gasteiger partial charge in [0.25, 0.3) is 0 Å². The fraction of sp³-hybridized carbons (Fsp3) is 0.273. The summed E-state index contributed by atoms with van der Waals surface area (Å²) in [5.41, 5.74) is 2.54. The summed E-state index contributed by atoms with van der Waals surface area (Å²) in [6.07, 6.45) is 0.468.